The molecule has 88 valence electrons. The van der Waals surface area contributed by atoms with Gasteiger partial charge in [-0.05, 0) is 30.7 Å². The lowest BCUT2D eigenvalue weighted by atomic mass is 10.2. The molecule has 1 aromatic heterocycles. The fraction of sp³-hybridized carbons (Fsp3) is 0.154. The highest BCUT2D eigenvalue weighted by atomic mass is 35.5. The van der Waals surface area contributed by atoms with Crippen LogP contribution >= 0.6 is 23.2 Å². The van der Waals surface area contributed by atoms with Gasteiger partial charge in [0.25, 0.3) is 0 Å². The molecule has 2 aromatic rings. The van der Waals surface area contributed by atoms with E-state index in [1.165, 1.54) is 0 Å². The van der Waals surface area contributed by atoms with Crippen LogP contribution in [0.5, 0.6) is 0 Å². The largest absolute Gasteiger partial charge is 0.378 e. The third-order valence-electron chi connectivity index (χ3n) is 2.40. The number of aromatic nitrogens is 1. The second-order valence-corrected chi connectivity index (χ2v) is 4.57. The summed E-state index contributed by atoms with van der Waals surface area (Å²) in [4.78, 5) is 4.23. The van der Waals surface area contributed by atoms with Crippen LogP contribution in [-0.2, 0) is 6.54 Å². The third kappa shape index (κ3) is 3.11. The van der Waals surface area contributed by atoms with E-state index < -0.39 is 0 Å². The van der Waals surface area contributed by atoms with Crippen LogP contribution in [0, 0.1) is 6.92 Å². The lowest BCUT2D eigenvalue weighted by Crippen LogP contribution is -2.01. The summed E-state index contributed by atoms with van der Waals surface area (Å²) in [5.74, 6) is 0. The standard InChI is InChI=1S/C13H12Cl2N2/c1-9-5-6-10(7-16-9)8-17-13-11(14)3-2-4-12(13)15/h2-7,17H,8H2,1H3. The number of benzene rings is 1. The van der Waals surface area contributed by atoms with Gasteiger partial charge in [0.2, 0.25) is 0 Å². The first-order chi connectivity index (χ1) is 8.16. The van der Waals surface area contributed by atoms with Crippen LogP contribution < -0.4 is 5.32 Å². The minimum Gasteiger partial charge on any atom is -0.378 e. The van der Waals surface area contributed by atoms with Crippen LogP contribution in [0.4, 0.5) is 5.69 Å². The Morgan fingerprint density at radius 1 is 1.12 bits per heavy atom. The quantitative estimate of drug-likeness (QED) is 0.896. The molecule has 0 radical (unpaired) electrons. The number of nitrogens with one attached hydrogen (secondary N) is 1. The van der Waals surface area contributed by atoms with Gasteiger partial charge in [-0.1, -0.05) is 35.3 Å². The summed E-state index contributed by atoms with van der Waals surface area (Å²) in [6.45, 7) is 2.61. The molecule has 0 bridgehead atoms. The molecule has 2 nitrogen and oxygen atoms in total. The second-order valence-electron chi connectivity index (χ2n) is 3.76. The Hall–Kier alpha value is -1.25. The van der Waals surface area contributed by atoms with E-state index in [9.17, 15) is 0 Å². The summed E-state index contributed by atoms with van der Waals surface area (Å²) in [5, 5.41) is 4.46. The molecule has 1 heterocycles. The maximum Gasteiger partial charge on any atom is 0.0721 e. The van der Waals surface area contributed by atoms with Gasteiger partial charge in [0.15, 0.2) is 0 Å². The Morgan fingerprint density at radius 2 is 1.82 bits per heavy atom. The van der Waals surface area contributed by atoms with Gasteiger partial charge in [0, 0.05) is 18.4 Å². The van der Waals surface area contributed by atoms with Gasteiger partial charge in [-0.15, -0.1) is 0 Å². The van der Waals surface area contributed by atoms with Crippen molar-refractivity contribution in [3.63, 3.8) is 0 Å². The number of para-hydroxylation sites is 1. The molecule has 0 aliphatic carbocycles. The molecule has 0 saturated heterocycles. The fourth-order valence-corrected chi connectivity index (χ4v) is 1.99. The highest BCUT2D eigenvalue weighted by Gasteiger charge is 2.04. The number of hydrogen-bond donors (Lipinski definition) is 1. The zero-order valence-corrected chi connectivity index (χ0v) is 10.9. The lowest BCUT2D eigenvalue weighted by Gasteiger charge is -2.10. The van der Waals surface area contributed by atoms with E-state index in [0.717, 1.165) is 16.9 Å². The van der Waals surface area contributed by atoms with E-state index in [4.69, 9.17) is 23.2 Å². The van der Waals surface area contributed by atoms with Crippen molar-refractivity contribution in [1.82, 2.24) is 4.98 Å². The molecule has 1 aromatic carbocycles. The Balaban J connectivity index is 2.10. The van der Waals surface area contributed by atoms with Crippen LogP contribution in [0.15, 0.2) is 36.5 Å². The number of nitrogens with zero attached hydrogens (tertiary/aromatic N) is 1. The first-order valence-corrected chi connectivity index (χ1v) is 6.02. The van der Waals surface area contributed by atoms with Gasteiger partial charge in [-0.25, -0.2) is 0 Å². The molecule has 0 spiro atoms. The molecule has 4 heteroatoms. The van der Waals surface area contributed by atoms with E-state index in [2.05, 4.69) is 10.3 Å². The van der Waals surface area contributed by atoms with Crippen molar-refractivity contribution in [2.75, 3.05) is 5.32 Å². The molecule has 0 aliphatic rings. The average Bonchev–Trinajstić information content (AvgIpc) is 2.31. The van der Waals surface area contributed by atoms with Crippen molar-refractivity contribution < 1.29 is 0 Å². The summed E-state index contributed by atoms with van der Waals surface area (Å²) in [6.07, 6.45) is 1.84. The smallest absolute Gasteiger partial charge is 0.0721 e. The normalized spacial score (nSPS) is 10.3. The number of hydrogen-bond acceptors (Lipinski definition) is 2. The zero-order chi connectivity index (χ0) is 12.3. The molecule has 0 unspecified atom stereocenters. The van der Waals surface area contributed by atoms with Crippen LogP contribution in [0.25, 0.3) is 0 Å². The summed E-state index contributed by atoms with van der Waals surface area (Å²) in [5.41, 5.74) is 2.85. The Kier molecular flexibility index (Phi) is 3.87. The van der Waals surface area contributed by atoms with Crippen molar-refractivity contribution in [3.05, 3.63) is 57.8 Å². The van der Waals surface area contributed by atoms with E-state index in [-0.39, 0.29) is 0 Å². The Morgan fingerprint density at radius 3 is 2.41 bits per heavy atom. The maximum absolute atomic E-state index is 6.06. The highest BCUT2D eigenvalue weighted by Crippen LogP contribution is 2.30. The molecule has 0 saturated carbocycles. The molecule has 0 atom stereocenters. The number of anilines is 1. The predicted molar refractivity (Wildman–Crippen MR) is 72.8 cm³/mol. The van der Waals surface area contributed by atoms with Gasteiger partial charge < -0.3 is 5.32 Å². The predicted octanol–water partition coefficient (Wildman–Crippen LogP) is 4.31. The molecule has 0 aliphatic heterocycles. The van der Waals surface area contributed by atoms with E-state index in [0.29, 0.717) is 16.6 Å². The summed E-state index contributed by atoms with van der Waals surface area (Å²) >= 11 is 12.1. The molecular formula is C13H12Cl2N2. The first-order valence-electron chi connectivity index (χ1n) is 5.26. The summed E-state index contributed by atoms with van der Waals surface area (Å²) in [6, 6.07) is 9.45. The van der Waals surface area contributed by atoms with Crippen LogP contribution in [0.1, 0.15) is 11.3 Å². The molecular weight excluding hydrogens is 255 g/mol. The maximum atomic E-state index is 6.06. The highest BCUT2D eigenvalue weighted by molar-refractivity contribution is 6.39. The van der Waals surface area contributed by atoms with Crippen LogP contribution in [0.2, 0.25) is 10.0 Å². The van der Waals surface area contributed by atoms with Gasteiger partial charge in [0.05, 0.1) is 15.7 Å². The van der Waals surface area contributed by atoms with Gasteiger partial charge in [0.1, 0.15) is 0 Å². The Labute approximate surface area is 111 Å². The summed E-state index contributed by atoms with van der Waals surface area (Å²) in [7, 11) is 0. The van der Waals surface area contributed by atoms with E-state index in [1.807, 2.05) is 43.5 Å². The van der Waals surface area contributed by atoms with Crippen molar-refractivity contribution in [2.45, 2.75) is 13.5 Å². The monoisotopic (exact) mass is 266 g/mol. The summed E-state index contributed by atoms with van der Waals surface area (Å²) < 4.78 is 0. The number of halogens is 2. The average molecular weight is 267 g/mol. The van der Waals surface area contributed by atoms with Gasteiger partial charge in [-0.2, -0.15) is 0 Å². The topological polar surface area (TPSA) is 24.9 Å². The zero-order valence-electron chi connectivity index (χ0n) is 9.37. The molecule has 2 rings (SSSR count). The van der Waals surface area contributed by atoms with E-state index >= 15 is 0 Å². The molecule has 0 amide bonds. The van der Waals surface area contributed by atoms with Crippen molar-refractivity contribution in [2.24, 2.45) is 0 Å². The number of rotatable bonds is 3. The van der Waals surface area contributed by atoms with Crippen molar-refractivity contribution >= 4 is 28.9 Å². The minimum absolute atomic E-state index is 0.623. The Bertz CT molecular complexity index is 489. The lowest BCUT2D eigenvalue weighted by molar-refractivity contribution is 1.09. The number of aryl methyl sites for hydroxylation is 1. The van der Waals surface area contributed by atoms with E-state index in [1.54, 1.807) is 0 Å². The fourth-order valence-electron chi connectivity index (χ4n) is 1.46. The van der Waals surface area contributed by atoms with Crippen molar-refractivity contribution in [3.8, 4) is 0 Å². The van der Waals surface area contributed by atoms with Crippen molar-refractivity contribution in [1.29, 1.82) is 0 Å². The third-order valence-corrected chi connectivity index (χ3v) is 3.03. The SMILES string of the molecule is Cc1ccc(CNc2c(Cl)cccc2Cl)cn1. The molecule has 0 fully saturated rings. The number of pyridine rings is 1. The first kappa shape index (κ1) is 12.2. The van der Waals surface area contributed by atoms with Crippen LogP contribution in [0.3, 0.4) is 0 Å². The second kappa shape index (κ2) is 5.39. The molecule has 1 N–H and O–H groups in total. The molecule has 17 heavy (non-hydrogen) atoms. The van der Waals surface area contributed by atoms with Crippen LogP contribution in [-0.4, -0.2) is 4.98 Å². The van der Waals surface area contributed by atoms with Gasteiger partial charge in [-0.3, -0.25) is 4.98 Å². The van der Waals surface area contributed by atoms with Gasteiger partial charge >= 0.3 is 0 Å². The minimum atomic E-state index is 0.623.